The molecule has 0 atom stereocenters. The number of hydrogen-bond donors (Lipinski definition) is 1. The molecule has 7 rings (SSSR count). The lowest BCUT2D eigenvalue weighted by molar-refractivity contribution is 0.124. The normalized spacial score (nSPS) is 19.7. The number of rotatable bonds is 7. The highest BCUT2D eigenvalue weighted by Crippen LogP contribution is 2.33. The van der Waals surface area contributed by atoms with E-state index in [1.807, 2.05) is 18.2 Å². The fourth-order valence-corrected chi connectivity index (χ4v) is 7.82. The average Bonchev–Trinajstić information content (AvgIpc) is 3.82. The summed E-state index contributed by atoms with van der Waals surface area (Å²) < 4.78 is 28.7. The van der Waals surface area contributed by atoms with Gasteiger partial charge in [-0.05, 0) is 74.2 Å². The van der Waals surface area contributed by atoms with Crippen molar-refractivity contribution in [3.63, 3.8) is 0 Å². The molecule has 0 amide bonds. The lowest BCUT2D eigenvalue weighted by atomic mass is 9.98. The van der Waals surface area contributed by atoms with E-state index in [2.05, 4.69) is 49.8 Å². The van der Waals surface area contributed by atoms with E-state index < -0.39 is 10.0 Å². The molecule has 2 aromatic carbocycles. The standard InChI is InChI=1S/C34H41ClN6O2S/c1-44(42,43)40-16-12-33-31(24-40)34(37-41(33)15-2-14-38-17-19-39(20-18-38)30-8-9-30)28-7-10-32(35)27(22-28)6-4-25-3-5-26-11-13-36-23-29(26)21-25/h3,5,7,10,21-22,30,36H,2,8-9,11-20,23-24H2,1H3. The van der Waals surface area contributed by atoms with E-state index in [9.17, 15) is 8.42 Å². The van der Waals surface area contributed by atoms with Crippen molar-refractivity contribution in [2.75, 3.05) is 52.1 Å². The zero-order valence-corrected chi connectivity index (χ0v) is 27.1. The molecule has 10 heteroatoms. The molecular weight excluding hydrogens is 592 g/mol. The molecule has 0 unspecified atom stereocenters. The van der Waals surface area contributed by atoms with Crippen LogP contribution in [-0.2, 0) is 42.5 Å². The molecule has 232 valence electrons. The number of aromatic nitrogens is 2. The Morgan fingerprint density at radius 2 is 1.82 bits per heavy atom. The SMILES string of the molecule is CS(=O)(=O)N1CCc2c(c(-c3ccc(Cl)c(C#Cc4ccc5c(c4)CNCC5)c3)nn2CCCN2CCN(C3CC3)CC2)C1. The molecule has 1 aliphatic carbocycles. The number of halogens is 1. The monoisotopic (exact) mass is 632 g/mol. The van der Waals surface area contributed by atoms with E-state index in [0.717, 1.165) is 91.8 Å². The molecule has 0 radical (unpaired) electrons. The summed E-state index contributed by atoms with van der Waals surface area (Å²) in [6, 6.07) is 13.1. The minimum Gasteiger partial charge on any atom is -0.312 e. The summed E-state index contributed by atoms with van der Waals surface area (Å²) in [5.74, 6) is 6.61. The minimum absolute atomic E-state index is 0.333. The van der Waals surface area contributed by atoms with Crippen LogP contribution in [0.25, 0.3) is 11.3 Å². The highest BCUT2D eigenvalue weighted by atomic mass is 35.5. The molecule has 44 heavy (non-hydrogen) atoms. The van der Waals surface area contributed by atoms with E-state index in [0.29, 0.717) is 24.5 Å². The van der Waals surface area contributed by atoms with Crippen LogP contribution in [0.2, 0.25) is 5.02 Å². The second kappa shape index (κ2) is 12.6. The maximum Gasteiger partial charge on any atom is 0.211 e. The molecule has 4 heterocycles. The highest BCUT2D eigenvalue weighted by Gasteiger charge is 2.32. The maximum absolute atomic E-state index is 12.5. The van der Waals surface area contributed by atoms with Crippen molar-refractivity contribution in [3.05, 3.63) is 74.9 Å². The lowest BCUT2D eigenvalue weighted by Crippen LogP contribution is -2.47. The van der Waals surface area contributed by atoms with Gasteiger partial charge in [0.05, 0.1) is 17.0 Å². The summed E-state index contributed by atoms with van der Waals surface area (Å²) in [4.78, 5) is 5.22. The Hall–Kier alpha value is -2.71. The van der Waals surface area contributed by atoms with Crippen LogP contribution in [0.1, 0.15) is 52.8 Å². The van der Waals surface area contributed by atoms with Crippen molar-refractivity contribution in [3.8, 4) is 23.1 Å². The summed E-state index contributed by atoms with van der Waals surface area (Å²) in [6.45, 7) is 9.20. The second-order valence-electron chi connectivity index (χ2n) is 12.7. The first-order chi connectivity index (χ1) is 21.3. The number of sulfonamides is 1. The first-order valence-electron chi connectivity index (χ1n) is 16.0. The molecule has 0 spiro atoms. The van der Waals surface area contributed by atoms with Gasteiger partial charge < -0.3 is 10.2 Å². The second-order valence-corrected chi connectivity index (χ2v) is 15.1. The van der Waals surface area contributed by atoms with Crippen molar-refractivity contribution in [1.29, 1.82) is 0 Å². The topological polar surface area (TPSA) is 73.7 Å². The van der Waals surface area contributed by atoms with Crippen LogP contribution in [0.5, 0.6) is 0 Å². The van der Waals surface area contributed by atoms with Gasteiger partial charge in [-0.3, -0.25) is 9.58 Å². The van der Waals surface area contributed by atoms with Gasteiger partial charge in [0.2, 0.25) is 10.0 Å². The summed E-state index contributed by atoms with van der Waals surface area (Å²) in [7, 11) is -3.32. The third-order valence-corrected chi connectivity index (χ3v) is 11.1. The first kappa shape index (κ1) is 30.0. The molecule has 1 aromatic heterocycles. The fraction of sp³-hybridized carbons (Fsp3) is 0.500. The quantitative estimate of drug-likeness (QED) is 0.400. The predicted octanol–water partition coefficient (Wildman–Crippen LogP) is 3.74. The smallest absolute Gasteiger partial charge is 0.211 e. The Labute approximate surface area is 266 Å². The zero-order valence-electron chi connectivity index (χ0n) is 25.5. The Kier molecular flexibility index (Phi) is 8.57. The largest absolute Gasteiger partial charge is 0.312 e. The minimum atomic E-state index is -3.32. The Balaban J connectivity index is 1.12. The van der Waals surface area contributed by atoms with E-state index >= 15 is 0 Å². The number of nitrogens with one attached hydrogen (secondary N) is 1. The van der Waals surface area contributed by atoms with Crippen molar-refractivity contribution in [2.45, 2.75) is 57.8 Å². The molecule has 3 aliphatic heterocycles. The van der Waals surface area contributed by atoms with Crippen LogP contribution < -0.4 is 5.32 Å². The summed E-state index contributed by atoms with van der Waals surface area (Å²) in [5, 5.41) is 9.13. The number of hydrogen-bond acceptors (Lipinski definition) is 6. The molecule has 1 saturated carbocycles. The first-order valence-corrected chi connectivity index (χ1v) is 18.2. The van der Waals surface area contributed by atoms with Crippen molar-refractivity contribution in [1.82, 2.24) is 29.2 Å². The Morgan fingerprint density at radius 1 is 0.977 bits per heavy atom. The number of piperazine rings is 1. The van der Waals surface area contributed by atoms with E-state index in [-0.39, 0.29) is 0 Å². The van der Waals surface area contributed by atoms with Crippen molar-refractivity contribution >= 4 is 21.6 Å². The molecule has 3 aromatic rings. The van der Waals surface area contributed by atoms with Crippen LogP contribution in [0, 0.1) is 11.8 Å². The van der Waals surface area contributed by atoms with Crippen molar-refractivity contribution < 1.29 is 8.42 Å². The summed E-state index contributed by atoms with van der Waals surface area (Å²) >= 11 is 6.64. The van der Waals surface area contributed by atoms with Gasteiger partial charge in [0, 0.05) is 92.8 Å². The Morgan fingerprint density at radius 3 is 2.61 bits per heavy atom. The van der Waals surface area contributed by atoms with E-state index in [4.69, 9.17) is 16.7 Å². The number of fused-ring (bicyclic) bond motifs is 2. The average molecular weight is 633 g/mol. The van der Waals surface area contributed by atoms with Crippen LogP contribution in [0.15, 0.2) is 36.4 Å². The molecular formula is C34H41ClN6O2S. The summed E-state index contributed by atoms with van der Waals surface area (Å²) in [5.41, 5.74) is 8.26. The van der Waals surface area contributed by atoms with Gasteiger partial charge in [-0.2, -0.15) is 9.40 Å². The van der Waals surface area contributed by atoms with Crippen LogP contribution >= 0.6 is 11.6 Å². The summed E-state index contributed by atoms with van der Waals surface area (Å²) in [6.07, 6.45) is 6.75. The number of aryl methyl sites for hydroxylation is 1. The third kappa shape index (κ3) is 6.62. The van der Waals surface area contributed by atoms with E-state index in [1.165, 1.54) is 43.3 Å². The molecule has 0 bridgehead atoms. The van der Waals surface area contributed by atoms with Gasteiger partial charge in [0.15, 0.2) is 0 Å². The molecule has 4 aliphatic rings. The van der Waals surface area contributed by atoms with Crippen molar-refractivity contribution in [2.24, 2.45) is 0 Å². The number of benzene rings is 2. The molecule has 2 fully saturated rings. The Bertz CT molecular complexity index is 1710. The van der Waals surface area contributed by atoms with Gasteiger partial charge in [-0.1, -0.05) is 35.6 Å². The van der Waals surface area contributed by atoms with Crippen LogP contribution in [0.3, 0.4) is 0 Å². The van der Waals surface area contributed by atoms with Crippen LogP contribution in [0.4, 0.5) is 0 Å². The maximum atomic E-state index is 12.5. The van der Waals surface area contributed by atoms with E-state index in [1.54, 1.807) is 4.31 Å². The van der Waals surface area contributed by atoms with Gasteiger partial charge in [0.25, 0.3) is 0 Å². The fourth-order valence-electron chi connectivity index (χ4n) is 6.87. The lowest BCUT2D eigenvalue weighted by Gasteiger charge is -2.34. The van der Waals surface area contributed by atoms with Gasteiger partial charge in [0.1, 0.15) is 0 Å². The van der Waals surface area contributed by atoms with Gasteiger partial charge in [-0.25, -0.2) is 8.42 Å². The number of nitrogens with zero attached hydrogens (tertiary/aromatic N) is 5. The predicted molar refractivity (Wildman–Crippen MR) is 175 cm³/mol. The molecule has 1 N–H and O–H groups in total. The third-order valence-electron chi connectivity index (χ3n) is 9.56. The highest BCUT2D eigenvalue weighted by molar-refractivity contribution is 7.88. The molecule has 8 nitrogen and oxygen atoms in total. The van der Waals surface area contributed by atoms with Crippen LogP contribution in [-0.4, -0.2) is 90.4 Å². The molecule has 1 saturated heterocycles. The zero-order chi connectivity index (χ0) is 30.3. The van der Waals surface area contributed by atoms with Gasteiger partial charge >= 0.3 is 0 Å². The van der Waals surface area contributed by atoms with Gasteiger partial charge in [-0.15, -0.1) is 0 Å².